The van der Waals surface area contributed by atoms with Gasteiger partial charge in [-0.05, 0) is 0 Å². The van der Waals surface area contributed by atoms with Gasteiger partial charge in [-0.2, -0.15) is 5.26 Å². The van der Waals surface area contributed by atoms with Gasteiger partial charge in [-0.1, -0.05) is 0 Å². The van der Waals surface area contributed by atoms with Crippen LogP contribution in [-0.4, -0.2) is 18.7 Å². The molecule has 0 unspecified atom stereocenters. The molecule has 5 heteroatoms. The second kappa shape index (κ2) is 1.91. The van der Waals surface area contributed by atoms with Gasteiger partial charge in [0, 0.05) is 0 Å². The van der Waals surface area contributed by atoms with Crippen LogP contribution in [0.25, 0.3) is 0 Å². The monoisotopic (exact) mass is 120 g/mol. The highest BCUT2D eigenvalue weighted by molar-refractivity contribution is 7.85. The van der Waals surface area contributed by atoms with Crippen molar-refractivity contribution in [3.05, 3.63) is 0 Å². The Morgan fingerprint density at radius 3 is 2.14 bits per heavy atom. The van der Waals surface area contributed by atoms with Crippen molar-refractivity contribution in [2.45, 2.75) is 0 Å². The molecule has 0 amide bonds. The molecule has 0 fully saturated rings. The fraction of sp³-hybridized carbons (Fsp3) is 0.500. The summed E-state index contributed by atoms with van der Waals surface area (Å²) in [5.74, 6) is -0.938. The first-order chi connectivity index (χ1) is 3.06. The third-order valence-electron chi connectivity index (χ3n) is 0.241. The first-order valence-electron chi connectivity index (χ1n) is 1.37. The quantitative estimate of drug-likeness (QED) is 0.418. The Morgan fingerprint density at radius 2 is 2.14 bits per heavy atom. The summed E-state index contributed by atoms with van der Waals surface area (Å²) in [6.07, 6.45) is 0. The second-order valence-electron chi connectivity index (χ2n) is 0.860. The second-order valence-corrected chi connectivity index (χ2v) is 2.26. The zero-order chi connectivity index (χ0) is 5.91. The Balaban J connectivity index is 3.92. The molecular weight excluding hydrogens is 118 g/mol. The summed E-state index contributed by atoms with van der Waals surface area (Å²) in [4.78, 5) is 0. The largest absolute Gasteiger partial charge is 0.747 e. The number of rotatable bonds is 1. The molecule has 0 heterocycles. The standard InChI is InChI=1S/C2H3NO3S/c3-1-2-7(4,5)6/h2H2,(H,4,5,6)/p-1. The van der Waals surface area contributed by atoms with Crippen molar-refractivity contribution in [1.82, 2.24) is 0 Å². The normalized spacial score (nSPS) is 10.3. The summed E-state index contributed by atoms with van der Waals surface area (Å²) in [5.41, 5.74) is 0. The molecule has 0 rings (SSSR count). The third-order valence-corrected chi connectivity index (χ3v) is 0.724. The molecule has 0 atom stereocenters. The van der Waals surface area contributed by atoms with E-state index in [1.165, 1.54) is 6.07 Å². The highest BCUT2D eigenvalue weighted by Crippen LogP contribution is 1.74. The molecule has 0 saturated carbocycles. The van der Waals surface area contributed by atoms with E-state index >= 15 is 0 Å². The van der Waals surface area contributed by atoms with Crippen LogP contribution in [0, 0.1) is 11.3 Å². The van der Waals surface area contributed by atoms with Crippen molar-refractivity contribution in [2.24, 2.45) is 0 Å². The van der Waals surface area contributed by atoms with Crippen LogP contribution in [0.5, 0.6) is 0 Å². The van der Waals surface area contributed by atoms with Crippen molar-refractivity contribution in [3.8, 4) is 6.07 Å². The van der Waals surface area contributed by atoms with Crippen LogP contribution in [-0.2, 0) is 10.1 Å². The Bertz CT molecular complexity index is 174. The van der Waals surface area contributed by atoms with E-state index in [4.69, 9.17) is 5.26 Å². The summed E-state index contributed by atoms with van der Waals surface area (Å²) in [5, 5.41) is 7.57. The molecule has 7 heavy (non-hydrogen) atoms. The molecule has 0 spiro atoms. The van der Waals surface area contributed by atoms with Crippen molar-refractivity contribution < 1.29 is 13.0 Å². The van der Waals surface area contributed by atoms with Crippen molar-refractivity contribution in [2.75, 3.05) is 5.75 Å². The van der Waals surface area contributed by atoms with Crippen LogP contribution in [0.4, 0.5) is 0 Å². The highest BCUT2D eigenvalue weighted by atomic mass is 32.2. The van der Waals surface area contributed by atoms with E-state index in [2.05, 4.69) is 0 Å². The lowest BCUT2D eigenvalue weighted by molar-refractivity contribution is 0.467. The molecular formula is C2H2NO3S-. The van der Waals surface area contributed by atoms with Gasteiger partial charge in [-0.15, -0.1) is 0 Å². The maximum atomic E-state index is 9.45. The molecule has 4 nitrogen and oxygen atoms in total. The van der Waals surface area contributed by atoms with E-state index < -0.39 is 15.9 Å². The first kappa shape index (κ1) is 6.40. The Kier molecular flexibility index (Phi) is 1.75. The van der Waals surface area contributed by atoms with Gasteiger partial charge in [-0.3, -0.25) is 0 Å². The highest BCUT2D eigenvalue weighted by Gasteiger charge is 1.86. The summed E-state index contributed by atoms with van der Waals surface area (Å²) in [7, 11) is -4.29. The Labute approximate surface area is 41.1 Å². The molecule has 0 saturated heterocycles. The van der Waals surface area contributed by atoms with Gasteiger partial charge in [0.25, 0.3) is 0 Å². The molecule has 40 valence electrons. The summed E-state index contributed by atoms with van der Waals surface area (Å²) < 4.78 is 28.4. The zero-order valence-electron chi connectivity index (χ0n) is 3.29. The van der Waals surface area contributed by atoms with Gasteiger partial charge in [-0.25, -0.2) is 8.42 Å². The summed E-state index contributed by atoms with van der Waals surface area (Å²) in [6, 6.07) is 1.21. The van der Waals surface area contributed by atoms with Crippen LogP contribution in [0.3, 0.4) is 0 Å². The van der Waals surface area contributed by atoms with Crippen LogP contribution >= 0.6 is 0 Å². The SMILES string of the molecule is N#CCS(=O)(=O)[O-]. The van der Waals surface area contributed by atoms with Crippen molar-refractivity contribution in [3.63, 3.8) is 0 Å². The lowest BCUT2D eigenvalue weighted by Crippen LogP contribution is -2.00. The third kappa shape index (κ3) is 5.40. The van der Waals surface area contributed by atoms with Gasteiger partial charge >= 0.3 is 0 Å². The molecule has 0 aliphatic heterocycles. The number of nitrogens with zero attached hydrogens (tertiary/aromatic N) is 1. The van der Waals surface area contributed by atoms with E-state index in [1.54, 1.807) is 0 Å². The summed E-state index contributed by atoms with van der Waals surface area (Å²) in [6.45, 7) is 0. The molecule has 0 aliphatic rings. The minimum Gasteiger partial charge on any atom is -0.747 e. The molecule has 0 N–H and O–H groups in total. The predicted molar refractivity (Wildman–Crippen MR) is 20.2 cm³/mol. The van der Waals surface area contributed by atoms with E-state index in [0.717, 1.165) is 0 Å². The van der Waals surface area contributed by atoms with E-state index in [1.807, 2.05) is 0 Å². The lowest BCUT2D eigenvalue weighted by Gasteiger charge is -1.95. The Hall–Kier alpha value is -0.600. The van der Waals surface area contributed by atoms with Gasteiger partial charge in [0.15, 0.2) is 0 Å². The van der Waals surface area contributed by atoms with Crippen LogP contribution < -0.4 is 0 Å². The van der Waals surface area contributed by atoms with E-state index in [0.29, 0.717) is 0 Å². The minimum atomic E-state index is -4.29. The molecule has 0 aromatic carbocycles. The fourth-order valence-corrected chi connectivity index (χ4v) is 0.237. The van der Waals surface area contributed by atoms with Gasteiger partial charge < -0.3 is 4.55 Å². The average molecular weight is 120 g/mol. The zero-order valence-corrected chi connectivity index (χ0v) is 4.10. The van der Waals surface area contributed by atoms with Gasteiger partial charge in [0.2, 0.25) is 0 Å². The summed E-state index contributed by atoms with van der Waals surface area (Å²) >= 11 is 0. The fourth-order valence-electron chi connectivity index (χ4n) is 0.0791. The molecule has 0 aromatic heterocycles. The molecule has 0 radical (unpaired) electrons. The average Bonchev–Trinajstić information content (AvgIpc) is 1.30. The van der Waals surface area contributed by atoms with Crippen LogP contribution in [0.15, 0.2) is 0 Å². The minimum absolute atomic E-state index is 0.938. The maximum Gasteiger partial charge on any atom is 0.125 e. The number of nitriles is 1. The van der Waals surface area contributed by atoms with Crippen molar-refractivity contribution in [1.29, 1.82) is 5.26 Å². The predicted octanol–water partition coefficient (Wildman–Crippen LogP) is -0.945. The first-order valence-corrected chi connectivity index (χ1v) is 2.94. The Morgan fingerprint density at radius 1 is 1.71 bits per heavy atom. The van der Waals surface area contributed by atoms with E-state index in [-0.39, 0.29) is 0 Å². The molecule has 0 aromatic rings. The molecule has 0 aliphatic carbocycles. The lowest BCUT2D eigenvalue weighted by atomic mass is 10.9. The van der Waals surface area contributed by atoms with Crippen molar-refractivity contribution >= 4 is 10.1 Å². The smallest absolute Gasteiger partial charge is 0.125 e. The number of hydrogen-bond donors (Lipinski definition) is 0. The van der Waals surface area contributed by atoms with Gasteiger partial charge in [0.05, 0.1) is 6.07 Å². The van der Waals surface area contributed by atoms with Gasteiger partial charge in [0.1, 0.15) is 15.9 Å². The van der Waals surface area contributed by atoms with Crippen LogP contribution in [0.1, 0.15) is 0 Å². The maximum absolute atomic E-state index is 9.45. The topological polar surface area (TPSA) is 81.0 Å². The number of hydrogen-bond acceptors (Lipinski definition) is 4. The van der Waals surface area contributed by atoms with Crippen LogP contribution in [0.2, 0.25) is 0 Å². The van der Waals surface area contributed by atoms with E-state index in [9.17, 15) is 13.0 Å². The molecule has 0 bridgehead atoms.